The molecule has 0 spiro atoms. The van der Waals surface area contributed by atoms with Gasteiger partial charge in [0.15, 0.2) is 0 Å². The summed E-state index contributed by atoms with van der Waals surface area (Å²) in [6, 6.07) is 5.54. The van der Waals surface area contributed by atoms with Crippen molar-refractivity contribution in [3.05, 3.63) is 23.8 Å². The Morgan fingerprint density at radius 3 is 2.72 bits per heavy atom. The van der Waals surface area contributed by atoms with E-state index in [0.717, 1.165) is 30.8 Å². The van der Waals surface area contributed by atoms with E-state index in [1.165, 1.54) is 0 Å². The fraction of sp³-hybridized carbons (Fsp3) is 0.500. The first-order chi connectivity index (χ1) is 8.56. The van der Waals surface area contributed by atoms with E-state index in [1.54, 1.807) is 6.07 Å². The number of nitrogens with two attached hydrogens (primary N) is 1. The van der Waals surface area contributed by atoms with Crippen LogP contribution in [0.5, 0.6) is 0 Å². The van der Waals surface area contributed by atoms with Crippen LogP contribution in [0.1, 0.15) is 25.8 Å². The Morgan fingerprint density at radius 2 is 2.11 bits per heavy atom. The van der Waals surface area contributed by atoms with Crippen molar-refractivity contribution >= 4 is 17.3 Å². The van der Waals surface area contributed by atoms with E-state index in [-0.39, 0.29) is 5.91 Å². The van der Waals surface area contributed by atoms with Crippen molar-refractivity contribution in [2.75, 3.05) is 30.7 Å². The number of nitrogens with zero attached hydrogens (tertiary/aromatic N) is 1. The number of amides is 1. The van der Waals surface area contributed by atoms with Gasteiger partial charge in [-0.15, -0.1) is 0 Å². The van der Waals surface area contributed by atoms with Crippen LogP contribution in [0.15, 0.2) is 18.2 Å². The lowest BCUT2D eigenvalue weighted by Gasteiger charge is -2.19. The van der Waals surface area contributed by atoms with Gasteiger partial charge in [0.05, 0.1) is 6.54 Å². The van der Waals surface area contributed by atoms with E-state index in [0.29, 0.717) is 12.2 Å². The minimum Gasteiger partial charge on any atom is -0.399 e. The second-order valence-corrected chi connectivity index (χ2v) is 4.49. The lowest BCUT2D eigenvalue weighted by atomic mass is 10.2. The average Bonchev–Trinajstić information content (AvgIpc) is 2.33. The van der Waals surface area contributed by atoms with Gasteiger partial charge in [-0.1, -0.05) is 19.9 Å². The number of rotatable bonds is 6. The second kappa shape index (κ2) is 7.01. The van der Waals surface area contributed by atoms with Gasteiger partial charge in [0.1, 0.15) is 0 Å². The van der Waals surface area contributed by atoms with Crippen molar-refractivity contribution in [1.29, 1.82) is 0 Å². The first kappa shape index (κ1) is 14.5. The number of likely N-dealkylation sites (N-methyl/N-ethyl adjacent to an activating group) is 1. The molecule has 4 heteroatoms. The molecule has 0 heterocycles. The number of carbonyl (C=O) groups is 1. The molecular formula is C14H23N3O. The predicted octanol–water partition coefficient (Wildman–Crippen LogP) is 2.25. The maximum Gasteiger partial charge on any atom is 0.238 e. The molecule has 100 valence electrons. The van der Waals surface area contributed by atoms with Crippen LogP contribution in [0.25, 0.3) is 0 Å². The van der Waals surface area contributed by atoms with Gasteiger partial charge in [-0.05, 0) is 44.1 Å². The predicted molar refractivity (Wildman–Crippen MR) is 76.6 cm³/mol. The zero-order valence-corrected chi connectivity index (χ0v) is 11.5. The minimum atomic E-state index is 0.0130. The lowest BCUT2D eigenvalue weighted by Crippen LogP contribution is -2.33. The summed E-state index contributed by atoms with van der Waals surface area (Å²) in [6.45, 7) is 8.39. The first-order valence-corrected chi connectivity index (χ1v) is 6.45. The highest BCUT2D eigenvalue weighted by Crippen LogP contribution is 2.17. The van der Waals surface area contributed by atoms with Gasteiger partial charge in [0, 0.05) is 11.4 Å². The smallest absolute Gasteiger partial charge is 0.238 e. The Hall–Kier alpha value is -1.55. The Morgan fingerprint density at radius 1 is 1.39 bits per heavy atom. The van der Waals surface area contributed by atoms with Crippen LogP contribution >= 0.6 is 0 Å². The SMILES string of the molecule is CCCN(CC)CC(=O)Nc1cc(N)ccc1C. The van der Waals surface area contributed by atoms with Crippen LogP contribution in [0.2, 0.25) is 0 Å². The number of benzene rings is 1. The van der Waals surface area contributed by atoms with Gasteiger partial charge in [0.25, 0.3) is 0 Å². The van der Waals surface area contributed by atoms with Crippen molar-refractivity contribution in [3.63, 3.8) is 0 Å². The molecule has 0 fully saturated rings. The molecule has 1 aromatic rings. The zero-order valence-electron chi connectivity index (χ0n) is 11.5. The topological polar surface area (TPSA) is 58.4 Å². The summed E-state index contributed by atoms with van der Waals surface area (Å²) >= 11 is 0. The van der Waals surface area contributed by atoms with Crippen LogP contribution in [-0.4, -0.2) is 30.4 Å². The molecule has 0 aliphatic rings. The molecule has 18 heavy (non-hydrogen) atoms. The Balaban J connectivity index is 2.61. The molecule has 0 saturated heterocycles. The van der Waals surface area contributed by atoms with Crippen LogP contribution in [0.3, 0.4) is 0 Å². The highest BCUT2D eigenvalue weighted by atomic mass is 16.2. The molecule has 0 saturated carbocycles. The average molecular weight is 249 g/mol. The number of hydrogen-bond acceptors (Lipinski definition) is 3. The van der Waals surface area contributed by atoms with E-state index in [1.807, 2.05) is 19.1 Å². The van der Waals surface area contributed by atoms with E-state index in [9.17, 15) is 4.79 Å². The molecule has 0 atom stereocenters. The van der Waals surface area contributed by atoms with Crippen molar-refractivity contribution in [2.24, 2.45) is 0 Å². The highest BCUT2D eigenvalue weighted by Gasteiger charge is 2.09. The highest BCUT2D eigenvalue weighted by molar-refractivity contribution is 5.93. The minimum absolute atomic E-state index is 0.0130. The molecule has 1 aromatic carbocycles. The molecule has 0 aromatic heterocycles. The normalized spacial score (nSPS) is 10.7. The fourth-order valence-electron chi connectivity index (χ4n) is 1.83. The molecule has 0 aliphatic heterocycles. The molecule has 0 aliphatic carbocycles. The van der Waals surface area contributed by atoms with Crippen LogP contribution in [0, 0.1) is 6.92 Å². The van der Waals surface area contributed by atoms with Gasteiger partial charge in [-0.25, -0.2) is 0 Å². The van der Waals surface area contributed by atoms with E-state index < -0.39 is 0 Å². The number of anilines is 2. The Kier molecular flexibility index (Phi) is 5.65. The molecule has 0 unspecified atom stereocenters. The molecule has 3 N–H and O–H groups in total. The molecule has 1 rings (SSSR count). The molecule has 1 amide bonds. The third-order valence-electron chi connectivity index (χ3n) is 2.89. The van der Waals surface area contributed by atoms with Crippen LogP contribution < -0.4 is 11.1 Å². The van der Waals surface area contributed by atoms with Crippen molar-refractivity contribution in [1.82, 2.24) is 4.90 Å². The Labute approximate surface area is 109 Å². The summed E-state index contributed by atoms with van der Waals surface area (Å²) in [5, 5.41) is 2.91. The molecule has 0 radical (unpaired) electrons. The maximum atomic E-state index is 11.9. The number of carbonyl (C=O) groups excluding carboxylic acids is 1. The molecule has 4 nitrogen and oxygen atoms in total. The number of hydrogen-bond donors (Lipinski definition) is 2. The standard InChI is InChI=1S/C14H23N3O/c1-4-8-17(5-2)10-14(18)16-13-9-12(15)7-6-11(13)3/h6-7,9H,4-5,8,10,15H2,1-3H3,(H,16,18). The van der Waals surface area contributed by atoms with Crippen molar-refractivity contribution in [2.45, 2.75) is 27.2 Å². The molecule has 0 bridgehead atoms. The summed E-state index contributed by atoms with van der Waals surface area (Å²) in [6.07, 6.45) is 1.05. The third-order valence-corrected chi connectivity index (χ3v) is 2.89. The summed E-state index contributed by atoms with van der Waals surface area (Å²) in [5.74, 6) is 0.0130. The number of nitrogen functional groups attached to an aromatic ring is 1. The quantitative estimate of drug-likeness (QED) is 0.760. The van der Waals surface area contributed by atoms with Crippen molar-refractivity contribution in [3.8, 4) is 0 Å². The van der Waals surface area contributed by atoms with Crippen LogP contribution in [-0.2, 0) is 4.79 Å². The fourth-order valence-corrected chi connectivity index (χ4v) is 1.83. The van der Waals surface area contributed by atoms with Gasteiger partial charge in [-0.3, -0.25) is 9.69 Å². The van der Waals surface area contributed by atoms with Gasteiger partial charge in [0.2, 0.25) is 5.91 Å². The van der Waals surface area contributed by atoms with Crippen molar-refractivity contribution < 1.29 is 4.79 Å². The summed E-state index contributed by atoms with van der Waals surface area (Å²) in [5.41, 5.74) is 8.20. The Bertz CT molecular complexity index is 404. The maximum absolute atomic E-state index is 11.9. The zero-order chi connectivity index (χ0) is 13.5. The van der Waals surface area contributed by atoms with Gasteiger partial charge in [-0.2, -0.15) is 0 Å². The summed E-state index contributed by atoms with van der Waals surface area (Å²) in [4.78, 5) is 14.0. The van der Waals surface area contributed by atoms with Gasteiger partial charge >= 0.3 is 0 Å². The molecular weight excluding hydrogens is 226 g/mol. The van der Waals surface area contributed by atoms with E-state index in [2.05, 4.69) is 24.1 Å². The summed E-state index contributed by atoms with van der Waals surface area (Å²) < 4.78 is 0. The first-order valence-electron chi connectivity index (χ1n) is 6.45. The monoisotopic (exact) mass is 249 g/mol. The lowest BCUT2D eigenvalue weighted by molar-refractivity contribution is -0.117. The number of aryl methyl sites for hydroxylation is 1. The third kappa shape index (κ3) is 4.37. The van der Waals surface area contributed by atoms with Gasteiger partial charge < -0.3 is 11.1 Å². The number of nitrogens with one attached hydrogen (secondary N) is 1. The summed E-state index contributed by atoms with van der Waals surface area (Å²) in [7, 11) is 0. The van der Waals surface area contributed by atoms with Crippen LogP contribution in [0.4, 0.5) is 11.4 Å². The second-order valence-electron chi connectivity index (χ2n) is 4.49. The largest absolute Gasteiger partial charge is 0.399 e. The van der Waals surface area contributed by atoms with E-state index >= 15 is 0 Å². The van der Waals surface area contributed by atoms with E-state index in [4.69, 9.17) is 5.73 Å².